The van der Waals surface area contributed by atoms with Crippen molar-refractivity contribution >= 4 is 15.9 Å². The Labute approximate surface area is 80.5 Å². The topological polar surface area (TPSA) is 20.2 Å². The third-order valence-corrected chi connectivity index (χ3v) is 3.10. The maximum Gasteiger partial charge on any atom is 0.116 e. The van der Waals surface area contributed by atoms with Crippen molar-refractivity contribution in [3.05, 3.63) is 27.7 Å². The van der Waals surface area contributed by atoms with Gasteiger partial charge in [-0.2, -0.15) is 0 Å². The monoisotopic (exact) mass is 226 g/mol. The van der Waals surface area contributed by atoms with Gasteiger partial charge < -0.3 is 5.11 Å². The Morgan fingerprint density at radius 3 is 2.75 bits per heavy atom. The maximum atomic E-state index is 9.34. The highest BCUT2D eigenvalue weighted by Crippen LogP contribution is 2.31. The molecule has 0 fully saturated rings. The van der Waals surface area contributed by atoms with Gasteiger partial charge in [-0.1, -0.05) is 15.9 Å². The number of rotatable bonds is 0. The van der Waals surface area contributed by atoms with Crippen LogP contribution < -0.4 is 0 Å². The molecule has 2 rings (SSSR count). The predicted octanol–water partition coefficient (Wildman–Crippen LogP) is 3.03. The normalized spacial score (nSPS) is 15.8. The molecule has 1 N–H and O–H groups in total. The summed E-state index contributed by atoms with van der Waals surface area (Å²) < 4.78 is 1.07. The lowest BCUT2D eigenvalue weighted by atomic mass is 9.92. The van der Waals surface area contributed by atoms with Crippen LogP contribution in [0.5, 0.6) is 5.75 Å². The number of hydrogen-bond donors (Lipinski definition) is 1. The third kappa shape index (κ3) is 1.36. The molecule has 0 bridgehead atoms. The van der Waals surface area contributed by atoms with Crippen LogP contribution in [-0.4, -0.2) is 5.11 Å². The second kappa shape index (κ2) is 3.09. The van der Waals surface area contributed by atoms with Crippen LogP contribution in [0.1, 0.15) is 24.0 Å². The molecule has 0 spiro atoms. The van der Waals surface area contributed by atoms with Gasteiger partial charge in [0.1, 0.15) is 5.75 Å². The first-order valence-electron chi connectivity index (χ1n) is 4.27. The molecule has 0 amide bonds. The molecule has 1 aliphatic carbocycles. The highest BCUT2D eigenvalue weighted by molar-refractivity contribution is 9.10. The number of halogens is 1. The molecule has 1 aliphatic rings. The minimum absolute atomic E-state index is 0.377. The molecule has 12 heavy (non-hydrogen) atoms. The van der Waals surface area contributed by atoms with Crippen molar-refractivity contribution in [2.45, 2.75) is 25.7 Å². The second-order valence-electron chi connectivity index (χ2n) is 3.27. The summed E-state index contributed by atoms with van der Waals surface area (Å²) in [6.45, 7) is 0. The lowest BCUT2D eigenvalue weighted by molar-refractivity contribution is 0.472. The molecule has 0 atom stereocenters. The van der Waals surface area contributed by atoms with Gasteiger partial charge in [0.25, 0.3) is 0 Å². The Hall–Kier alpha value is -0.500. The van der Waals surface area contributed by atoms with Gasteiger partial charge in [0.15, 0.2) is 0 Å². The van der Waals surface area contributed by atoms with E-state index < -0.39 is 0 Å². The van der Waals surface area contributed by atoms with Gasteiger partial charge in [-0.05, 0) is 48.9 Å². The zero-order valence-electron chi connectivity index (χ0n) is 6.81. The van der Waals surface area contributed by atoms with Crippen molar-refractivity contribution in [2.75, 3.05) is 0 Å². The number of phenols is 1. The summed E-state index contributed by atoms with van der Waals surface area (Å²) >= 11 is 3.47. The average Bonchev–Trinajstić information content (AvgIpc) is 2.04. The van der Waals surface area contributed by atoms with Crippen molar-refractivity contribution < 1.29 is 5.11 Å². The zero-order chi connectivity index (χ0) is 8.55. The second-order valence-corrected chi connectivity index (χ2v) is 4.13. The first-order chi connectivity index (χ1) is 5.77. The van der Waals surface area contributed by atoms with Crippen molar-refractivity contribution in [2.24, 2.45) is 0 Å². The van der Waals surface area contributed by atoms with Crippen molar-refractivity contribution in [3.8, 4) is 5.75 Å². The van der Waals surface area contributed by atoms with Crippen LogP contribution in [0.4, 0.5) is 0 Å². The number of benzene rings is 1. The summed E-state index contributed by atoms with van der Waals surface area (Å²) in [6, 6.07) is 3.67. The van der Waals surface area contributed by atoms with Crippen LogP contribution in [0.25, 0.3) is 0 Å². The van der Waals surface area contributed by atoms with Gasteiger partial charge in [-0.3, -0.25) is 0 Å². The Bertz CT molecular complexity index is 307. The van der Waals surface area contributed by atoms with E-state index in [2.05, 4.69) is 15.9 Å². The van der Waals surface area contributed by atoms with Crippen molar-refractivity contribution in [1.29, 1.82) is 0 Å². The molecule has 0 saturated carbocycles. The number of hydrogen-bond acceptors (Lipinski definition) is 1. The molecule has 64 valence electrons. The Balaban J connectivity index is 2.53. The summed E-state index contributed by atoms with van der Waals surface area (Å²) in [4.78, 5) is 0. The van der Waals surface area contributed by atoms with Gasteiger partial charge >= 0.3 is 0 Å². The Morgan fingerprint density at radius 2 is 1.92 bits per heavy atom. The Kier molecular flexibility index (Phi) is 2.09. The van der Waals surface area contributed by atoms with Crippen LogP contribution in [0.3, 0.4) is 0 Å². The first-order valence-corrected chi connectivity index (χ1v) is 5.07. The highest BCUT2D eigenvalue weighted by Gasteiger charge is 2.12. The van der Waals surface area contributed by atoms with Crippen LogP contribution in [0.15, 0.2) is 16.6 Å². The van der Waals surface area contributed by atoms with Crippen LogP contribution in [0.2, 0.25) is 0 Å². The van der Waals surface area contributed by atoms with E-state index in [9.17, 15) is 5.11 Å². The molecule has 1 nitrogen and oxygen atoms in total. The molecule has 2 heteroatoms. The number of aromatic hydroxyl groups is 1. The fourth-order valence-electron chi connectivity index (χ4n) is 1.80. The van der Waals surface area contributed by atoms with Crippen LogP contribution >= 0.6 is 15.9 Å². The van der Waals surface area contributed by atoms with E-state index in [-0.39, 0.29) is 0 Å². The van der Waals surface area contributed by atoms with Gasteiger partial charge in [0.05, 0.1) is 0 Å². The van der Waals surface area contributed by atoms with Gasteiger partial charge in [-0.25, -0.2) is 0 Å². The van der Waals surface area contributed by atoms with Crippen molar-refractivity contribution in [1.82, 2.24) is 0 Å². The SMILES string of the molecule is Oc1cc(Br)c2c(c1)CCCC2. The Morgan fingerprint density at radius 1 is 1.17 bits per heavy atom. The molecule has 0 aromatic heterocycles. The van der Waals surface area contributed by atoms with E-state index in [1.165, 1.54) is 24.0 Å². The van der Waals surface area contributed by atoms with E-state index in [0.717, 1.165) is 17.3 Å². The van der Waals surface area contributed by atoms with Crippen LogP contribution in [-0.2, 0) is 12.8 Å². The summed E-state index contributed by atoms with van der Waals surface area (Å²) in [5.74, 6) is 0.377. The predicted molar refractivity (Wildman–Crippen MR) is 52.4 cm³/mol. The molecule has 1 aromatic carbocycles. The minimum atomic E-state index is 0.377. The van der Waals surface area contributed by atoms with Crippen molar-refractivity contribution in [3.63, 3.8) is 0 Å². The molecule has 0 unspecified atom stereocenters. The summed E-state index contributed by atoms with van der Waals surface area (Å²) in [5, 5.41) is 9.34. The standard InChI is InChI=1S/C10H11BrO/c11-10-6-8(12)5-7-3-1-2-4-9(7)10/h5-6,12H,1-4H2. The summed E-state index contributed by atoms with van der Waals surface area (Å²) in [6.07, 6.45) is 4.79. The largest absolute Gasteiger partial charge is 0.508 e. The quantitative estimate of drug-likeness (QED) is 0.722. The van der Waals surface area contributed by atoms with Gasteiger partial charge in [-0.15, -0.1) is 0 Å². The summed E-state index contributed by atoms with van der Waals surface area (Å²) in [5.41, 5.74) is 2.70. The minimum Gasteiger partial charge on any atom is -0.508 e. The molecular formula is C10H11BrO. The third-order valence-electron chi connectivity index (χ3n) is 2.40. The maximum absolute atomic E-state index is 9.34. The lowest BCUT2D eigenvalue weighted by Gasteiger charge is -2.17. The smallest absolute Gasteiger partial charge is 0.116 e. The molecule has 1 aromatic rings. The zero-order valence-corrected chi connectivity index (χ0v) is 8.39. The average molecular weight is 227 g/mol. The summed E-state index contributed by atoms with van der Waals surface area (Å²) in [7, 11) is 0. The fraction of sp³-hybridized carbons (Fsp3) is 0.400. The molecule has 0 heterocycles. The number of aryl methyl sites for hydroxylation is 1. The van der Waals surface area contributed by atoms with E-state index in [1.807, 2.05) is 6.07 Å². The molecule has 0 radical (unpaired) electrons. The van der Waals surface area contributed by atoms with Crippen LogP contribution in [0, 0.1) is 0 Å². The number of fused-ring (bicyclic) bond motifs is 1. The van der Waals surface area contributed by atoms with E-state index in [1.54, 1.807) is 6.07 Å². The van der Waals surface area contributed by atoms with Gasteiger partial charge in [0.2, 0.25) is 0 Å². The van der Waals surface area contributed by atoms with E-state index in [4.69, 9.17) is 0 Å². The van der Waals surface area contributed by atoms with E-state index >= 15 is 0 Å². The van der Waals surface area contributed by atoms with Gasteiger partial charge in [0, 0.05) is 4.47 Å². The molecular weight excluding hydrogens is 216 g/mol. The fourth-order valence-corrected chi connectivity index (χ4v) is 2.49. The molecule has 0 aliphatic heterocycles. The molecule has 0 saturated heterocycles. The first kappa shape index (κ1) is 8.11. The lowest BCUT2D eigenvalue weighted by Crippen LogP contribution is -2.02. The number of phenolic OH excluding ortho intramolecular Hbond substituents is 1. The van der Waals surface area contributed by atoms with E-state index in [0.29, 0.717) is 5.75 Å². The highest BCUT2D eigenvalue weighted by atomic mass is 79.9.